The largest absolute Gasteiger partial charge is 0.329 e. The van der Waals surface area contributed by atoms with E-state index in [1.807, 2.05) is 17.5 Å². The minimum Gasteiger partial charge on any atom is -0.329 e. The van der Waals surface area contributed by atoms with Crippen LogP contribution < -0.4 is 11.1 Å². The Morgan fingerprint density at radius 3 is 2.50 bits per heavy atom. The Kier molecular flexibility index (Phi) is 4.41. The van der Waals surface area contributed by atoms with Gasteiger partial charge in [-0.05, 0) is 29.1 Å². The van der Waals surface area contributed by atoms with Crippen molar-refractivity contribution < 1.29 is 8.78 Å². The van der Waals surface area contributed by atoms with Crippen molar-refractivity contribution in [1.82, 2.24) is 5.32 Å². The fourth-order valence-electron chi connectivity index (χ4n) is 1.75. The summed E-state index contributed by atoms with van der Waals surface area (Å²) in [6.07, 6.45) is 0. The van der Waals surface area contributed by atoms with Crippen molar-refractivity contribution in [2.75, 3.05) is 6.54 Å². The van der Waals surface area contributed by atoms with E-state index in [1.54, 1.807) is 11.3 Å². The molecule has 0 amide bonds. The van der Waals surface area contributed by atoms with Gasteiger partial charge in [0, 0.05) is 30.1 Å². The molecule has 0 aliphatic heterocycles. The van der Waals surface area contributed by atoms with E-state index in [2.05, 4.69) is 5.32 Å². The Morgan fingerprint density at radius 1 is 1.22 bits per heavy atom. The average Bonchev–Trinajstić information content (AvgIpc) is 2.81. The fraction of sp³-hybridized carbons (Fsp3) is 0.231. The molecule has 2 nitrogen and oxygen atoms in total. The molecule has 2 rings (SSSR count). The van der Waals surface area contributed by atoms with E-state index in [1.165, 1.54) is 12.1 Å². The average molecular weight is 268 g/mol. The first kappa shape index (κ1) is 13.1. The maximum Gasteiger partial charge on any atom is 0.126 e. The molecule has 0 saturated heterocycles. The Balaban J connectivity index is 2.07. The number of hydrogen-bond acceptors (Lipinski definition) is 3. The second-order valence-electron chi connectivity index (χ2n) is 3.95. The maximum absolute atomic E-state index is 13.1. The van der Waals surface area contributed by atoms with Crippen LogP contribution in [0.2, 0.25) is 0 Å². The van der Waals surface area contributed by atoms with Crippen LogP contribution in [0.5, 0.6) is 0 Å². The van der Waals surface area contributed by atoms with Crippen LogP contribution in [0.4, 0.5) is 8.78 Å². The van der Waals surface area contributed by atoms with Gasteiger partial charge in [0.25, 0.3) is 0 Å². The van der Waals surface area contributed by atoms with Gasteiger partial charge in [0.05, 0.1) is 0 Å². The highest BCUT2D eigenvalue weighted by atomic mass is 32.1. The monoisotopic (exact) mass is 268 g/mol. The van der Waals surface area contributed by atoms with Crippen molar-refractivity contribution in [3.8, 4) is 0 Å². The number of benzene rings is 1. The van der Waals surface area contributed by atoms with Gasteiger partial charge in [-0.3, -0.25) is 0 Å². The van der Waals surface area contributed by atoms with Gasteiger partial charge >= 0.3 is 0 Å². The molecule has 0 radical (unpaired) electrons. The van der Waals surface area contributed by atoms with Gasteiger partial charge < -0.3 is 11.1 Å². The number of thiophene rings is 1. The topological polar surface area (TPSA) is 38.0 Å². The van der Waals surface area contributed by atoms with Crippen molar-refractivity contribution >= 4 is 11.3 Å². The standard InChI is InChI=1S/C13H14F2N2S/c14-10-4-9(5-11(15)6-10)13(7-16)17-8-12-2-1-3-18-12/h1-6,13,17H,7-8,16H2. The molecule has 0 aliphatic rings. The number of rotatable bonds is 5. The van der Waals surface area contributed by atoms with E-state index < -0.39 is 11.6 Å². The van der Waals surface area contributed by atoms with Gasteiger partial charge in [0.15, 0.2) is 0 Å². The number of halogens is 2. The second kappa shape index (κ2) is 6.04. The Bertz CT molecular complexity index is 479. The van der Waals surface area contributed by atoms with Crippen LogP contribution in [0.15, 0.2) is 35.7 Å². The first-order valence-corrected chi connectivity index (χ1v) is 6.49. The SMILES string of the molecule is NCC(NCc1cccs1)c1cc(F)cc(F)c1. The van der Waals surface area contributed by atoms with Gasteiger partial charge in [-0.15, -0.1) is 11.3 Å². The van der Waals surface area contributed by atoms with E-state index in [4.69, 9.17) is 5.73 Å². The zero-order chi connectivity index (χ0) is 13.0. The molecule has 0 bridgehead atoms. The van der Waals surface area contributed by atoms with Gasteiger partial charge in [-0.25, -0.2) is 8.78 Å². The summed E-state index contributed by atoms with van der Waals surface area (Å²) in [4.78, 5) is 1.16. The van der Waals surface area contributed by atoms with Crippen LogP contribution in [0, 0.1) is 11.6 Å². The molecular weight excluding hydrogens is 254 g/mol. The lowest BCUT2D eigenvalue weighted by Crippen LogP contribution is -2.27. The summed E-state index contributed by atoms with van der Waals surface area (Å²) in [6.45, 7) is 0.923. The highest BCUT2D eigenvalue weighted by Crippen LogP contribution is 2.17. The van der Waals surface area contributed by atoms with E-state index in [-0.39, 0.29) is 12.6 Å². The molecule has 5 heteroatoms. The summed E-state index contributed by atoms with van der Waals surface area (Å²) >= 11 is 1.63. The third-order valence-electron chi connectivity index (χ3n) is 2.63. The van der Waals surface area contributed by atoms with Crippen LogP contribution in [0.25, 0.3) is 0 Å². The van der Waals surface area contributed by atoms with Gasteiger partial charge in [0.1, 0.15) is 11.6 Å². The number of nitrogens with two attached hydrogens (primary N) is 1. The quantitative estimate of drug-likeness (QED) is 0.875. The molecule has 1 unspecified atom stereocenters. The number of hydrogen-bond donors (Lipinski definition) is 2. The normalized spacial score (nSPS) is 12.6. The molecule has 2 aromatic rings. The zero-order valence-corrected chi connectivity index (χ0v) is 10.5. The summed E-state index contributed by atoms with van der Waals surface area (Å²) in [5.74, 6) is -1.16. The molecule has 1 heterocycles. The van der Waals surface area contributed by atoms with Crippen LogP contribution in [-0.2, 0) is 6.54 Å². The molecule has 1 aromatic carbocycles. The molecule has 1 atom stereocenters. The lowest BCUT2D eigenvalue weighted by atomic mass is 10.1. The smallest absolute Gasteiger partial charge is 0.126 e. The molecule has 0 saturated carbocycles. The lowest BCUT2D eigenvalue weighted by molar-refractivity contribution is 0.527. The summed E-state index contributed by atoms with van der Waals surface area (Å²) < 4.78 is 26.3. The zero-order valence-electron chi connectivity index (χ0n) is 9.70. The molecule has 1 aromatic heterocycles. The van der Waals surface area contributed by atoms with Crippen molar-refractivity contribution in [3.63, 3.8) is 0 Å². The van der Waals surface area contributed by atoms with Gasteiger partial charge in [-0.2, -0.15) is 0 Å². The van der Waals surface area contributed by atoms with Gasteiger partial charge in [-0.1, -0.05) is 6.07 Å². The summed E-state index contributed by atoms with van der Waals surface area (Å²) in [5.41, 5.74) is 6.17. The van der Waals surface area contributed by atoms with E-state index in [0.29, 0.717) is 12.1 Å². The first-order valence-electron chi connectivity index (χ1n) is 5.61. The van der Waals surface area contributed by atoms with Crippen molar-refractivity contribution in [2.45, 2.75) is 12.6 Å². The minimum absolute atomic E-state index is 0.253. The van der Waals surface area contributed by atoms with E-state index in [0.717, 1.165) is 10.9 Å². The molecule has 18 heavy (non-hydrogen) atoms. The highest BCUT2D eigenvalue weighted by Gasteiger charge is 2.11. The molecule has 0 aliphatic carbocycles. The predicted molar refractivity (Wildman–Crippen MR) is 69.3 cm³/mol. The predicted octanol–water partition coefficient (Wildman–Crippen LogP) is 2.82. The molecule has 0 fully saturated rings. The maximum atomic E-state index is 13.1. The molecular formula is C13H14F2N2S. The van der Waals surface area contributed by atoms with Crippen LogP contribution in [0.3, 0.4) is 0 Å². The van der Waals surface area contributed by atoms with Crippen LogP contribution in [-0.4, -0.2) is 6.54 Å². The number of nitrogens with one attached hydrogen (secondary N) is 1. The Morgan fingerprint density at radius 2 is 1.94 bits per heavy atom. The van der Waals surface area contributed by atoms with E-state index in [9.17, 15) is 8.78 Å². The Labute approximate surface area is 108 Å². The van der Waals surface area contributed by atoms with Crippen LogP contribution in [0.1, 0.15) is 16.5 Å². The Hall–Kier alpha value is -1.30. The summed E-state index contributed by atoms with van der Waals surface area (Å²) in [7, 11) is 0. The summed E-state index contributed by atoms with van der Waals surface area (Å²) in [5, 5.41) is 5.18. The third-order valence-corrected chi connectivity index (χ3v) is 3.50. The fourth-order valence-corrected chi connectivity index (χ4v) is 2.41. The third kappa shape index (κ3) is 3.35. The van der Waals surface area contributed by atoms with Gasteiger partial charge in [0.2, 0.25) is 0 Å². The van der Waals surface area contributed by atoms with Crippen molar-refractivity contribution in [2.24, 2.45) is 5.73 Å². The lowest BCUT2D eigenvalue weighted by Gasteiger charge is -2.17. The van der Waals surface area contributed by atoms with E-state index >= 15 is 0 Å². The highest BCUT2D eigenvalue weighted by molar-refractivity contribution is 7.09. The molecule has 3 N–H and O–H groups in total. The molecule has 0 spiro atoms. The minimum atomic E-state index is -0.582. The first-order chi connectivity index (χ1) is 8.69. The van der Waals surface area contributed by atoms with Crippen molar-refractivity contribution in [1.29, 1.82) is 0 Å². The second-order valence-corrected chi connectivity index (χ2v) is 4.98. The molecule has 96 valence electrons. The van der Waals surface area contributed by atoms with Crippen molar-refractivity contribution in [3.05, 3.63) is 57.8 Å². The summed E-state index contributed by atoms with van der Waals surface area (Å²) in [6, 6.07) is 7.18. The van der Waals surface area contributed by atoms with Crippen LogP contribution >= 0.6 is 11.3 Å².